The summed E-state index contributed by atoms with van der Waals surface area (Å²) < 4.78 is 18.7. The molecule has 2 N–H and O–H groups in total. The molecule has 0 unspecified atom stereocenters. The van der Waals surface area contributed by atoms with Gasteiger partial charge in [-0.25, -0.2) is 4.39 Å². The molecule has 0 aromatic heterocycles. The van der Waals surface area contributed by atoms with Gasteiger partial charge in [-0.1, -0.05) is 0 Å². The Morgan fingerprint density at radius 1 is 1.53 bits per heavy atom. The number of rotatable bonds is 4. The summed E-state index contributed by atoms with van der Waals surface area (Å²) in [4.78, 5) is 0. The maximum atomic E-state index is 13.4. The second-order valence-electron chi connectivity index (χ2n) is 3.03. The van der Waals surface area contributed by atoms with Crippen molar-refractivity contribution in [2.24, 2.45) is 0 Å². The zero-order valence-electron chi connectivity index (χ0n) is 8.26. The Morgan fingerprint density at radius 3 is 2.73 bits per heavy atom. The molecule has 3 nitrogen and oxygen atoms in total. The van der Waals surface area contributed by atoms with Crippen LogP contribution in [0.1, 0.15) is 12.0 Å². The topological polar surface area (TPSA) is 49.7 Å². The number of aliphatic hydroxyl groups is 1. The summed E-state index contributed by atoms with van der Waals surface area (Å²) in [5.41, 5.74) is 0.170. The van der Waals surface area contributed by atoms with Gasteiger partial charge in [0.1, 0.15) is 5.82 Å². The molecule has 15 heavy (non-hydrogen) atoms. The van der Waals surface area contributed by atoms with Crippen molar-refractivity contribution < 1.29 is 19.3 Å². The molecule has 0 atom stereocenters. The van der Waals surface area contributed by atoms with E-state index in [-0.39, 0.29) is 30.1 Å². The van der Waals surface area contributed by atoms with Gasteiger partial charge in [0.25, 0.3) is 0 Å². The van der Waals surface area contributed by atoms with Gasteiger partial charge in [-0.05, 0) is 34.8 Å². The Kier molecular flexibility index (Phi) is 4.35. The van der Waals surface area contributed by atoms with Crippen molar-refractivity contribution in [3.63, 3.8) is 0 Å². The van der Waals surface area contributed by atoms with Crippen molar-refractivity contribution in [2.75, 3.05) is 13.7 Å². The van der Waals surface area contributed by atoms with Crippen molar-refractivity contribution >= 4 is 15.9 Å². The molecule has 0 saturated carbocycles. The van der Waals surface area contributed by atoms with Crippen LogP contribution in [0, 0.1) is 5.82 Å². The molecule has 1 aromatic rings. The van der Waals surface area contributed by atoms with Crippen LogP contribution in [0.15, 0.2) is 10.5 Å². The van der Waals surface area contributed by atoms with Gasteiger partial charge < -0.3 is 14.9 Å². The monoisotopic (exact) mass is 278 g/mol. The highest BCUT2D eigenvalue weighted by Gasteiger charge is 2.16. The van der Waals surface area contributed by atoms with E-state index in [1.165, 1.54) is 13.2 Å². The van der Waals surface area contributed by atoms with E-state index in [9.17, 15) is 9.50 Å². The van der Waals surface area contributed by atoms with E-state index in [4.69, 9.17) is 9.84 Å². The maximum Gasteiger partial charge on any atom is 0.175 e. The normalized spacial score (nSPS) is 10.4. The lowest BCUT2D eigenvalue weighted by atomic mass is 10.1. The standard InChI is InChI=1S/C10H12BrFO3/c1-15-10-7(11)5-8(12)6(9(10)14)3-2-4-13/h5,13-14H,2-4H2,1H3. The second kappa shape index (κ2) is 5.32. The van der Waals surface area contributed by atoms with E-state index in [0.717, 1.165) is 0 Å². The third kappa shape index (κ3) is 2.60. The lowest BCUT2D eigenvalue weighted by Crippen LogP contribution is -1.97. The molecule has 5 heteroatoms. The van der Waals surface area contributed by atoms with Crippen LogP contribution in [0.25, 0.3) is 0 Å². The highest BCUT2D eigenvalue weighted by atomic mass is 79.9. The van der Waals surface area contributed by atoms with Crippen LogP contribution in [0.4, 0.5) is 4.39 Å². The van der Waals surface area contributed by atoms with Gasteiger partial charge in [0.2, 0.25) is 0 Å². The average Bonchev–Trinajstić information content (AvgIpc) is 2.17. The molecule has 84 valence electrons. The van der Waals surface area contributed by atoms with E-state index in [1.807, 2.05) is 0 Å². The predicted octanol–water partition coefficient (Wildman–Crippen LogP) is 2.23. The minimum Gasteiger partial charge on any atom is -0.504 e. The fourth-order valence-corrected chi connectivity index (χ4v) is 1.87. The van der Waals surface area contributed by atoms with Gasteiger partial charge in [0.15, 0.2) is 11.5 Å². The van der Waals surface area contributed by atoms with Crippen LogP contribution in [0.3, 0.4) is 0 Å². The summed E-state index contributed by atoms with van der Waals surface area (Å²) in [5, 5.41) is 18.3. The van der Waals surface area contributed by atoms with Gasteiger partial charge in [0, 0.05) is 12.2 Å². The molecule has 0 fully saturated rings. The van der Waals surface area contributed by atoms with E-state index in [2.05, 4.69) is 15.9 Å². The van der Waals surface area contributed by atoms with Gasteiger partial charge in [-0.15, -0.1) is 0 Å². The lowest BCUT2D eigenvalue weighted by molar-refractivity contribution is 0.286. The number of aliphatic hydroxyl groups excluding tert-OH is 1. The van der Waals surface area contributed by atoms with Gasteiger partial charge in [0.05, 0.1) is 11.6 Å². The highest BCUT2D eigenvalue weighted by molar-refractivity contribution is 9.10. The predicted molar refractivity (Wildman–Crippen MR) is 57.7 cm³/mol. The van der Waals surface area contributed by atoms with E-state index in [1.54, 1.807) is 0 Å². The Labute approximate surface area is 95.6 Å². The minimum atomic E-state index is -0.506. The smallest absolute Gasteiger partial charge is 0.175 e. The zero-order valence-corrected chi connectivity index (χ0v) is 9.84. The summed E-state index contributed by atoms with van der Waals surface area (Å²) in [6, 6.07) is 1.24. The molecule has 0 bridgehead atoms. The fraction of sp³-hybridized carbons (Fsp3) is 0.400. The van der Waals surface area contributed by atoms with Gasteiger partial charge in [-0.2, -0.15) is 0 Å². The number of phenols is 1. The number of hydrogen-bond acceptors (Lipinski definition) is 3. The van der Waals surface area contributed by atoms with E-state index >= 15 is 0 Å². The molecule has 1 rings (SSSR count). The quantitative estimate of drug-likeness (QED) is 0.888. The van der Waals surface area contributed by atoms with Crippen molar-refractivity contribution in [1.82, 2.24) is 0 Å². The first-order valence-corrected chi connectivity index (χ1v) is 5.25. The van der Waals surface area contributed by atoms with Crippen LogP contribution in [-0.4, -0.2) is 23.9 Å². The second-order valence-corrected chi connectivity index (χ2v) is 3.88. The number of methoxy groups -OCH3 is 1. The number of halogens is 2. The Hall–Kier alpha value is -0.810. The molecule has 1 aromatic carbocycles. The Balaban J connectivity index is 3.14. The fourth-order valence-electron chi connectivity index (χ4n) is 1.32. The third-order valence-electron chi connectivity index (χ3n) is 2.05. The number of benzene rings is 1. The first-order valence-electron chi connectivity index (χ1n) is 4.46. The summed E-state index contributed by atoms with van der Waals surface area (Å²) in [6.07, 6.45) is 0.674. The molecule has 0 radical (unpaired) electrons. The van der Waals surface area contributed by atoms with Gasteiger partial charge in [-0.3, -0.25) is 0 Å². The van der Waals surface area contributed by atoms with Crippen molar-refractivity contribution in [3.05, 3.63) is 21.9 Å². The average molecular weight is 279 g/mol. The molecule has 0 spiro atoms. The Morgan fingerprint density at radius 2 is 2.20 bits per heavy atom. The number of phenolic OH excluding ortho intramolecular Hbond substituents is 1. The minimum absolute atomic E-state index is 0.0444. The molecule has 0 aliphatic heterocycles. The molecule has 0 aliphatic rings. The highest BCUT2D eigenvalue weighted by Crippen LogP contribution is 2.39. The third-order valence-corrected chi connectivity index (χ3v) is 2.64. The first kappa shape index (κ1) is 12.3. The zero-order chi connectivity index (χ0) is 11.4. The first-order chi connectivity index (χ1) is 7.11. The molecular weight excluding hydrogens is 267 g/mol. The van der Waals surface area contributed by atoms with Gasteiger partial charge >= 0.3 is 0 Å². The Bertz CT molecular complexity index is 355. The van der Waals surface area contributed by atoms with E-state index < -0.39 is 5.82 Å². The van der Waals surface area contributed by atoms with Crippen LogP contribution in [-0.2, 0) is 6.42 Å². The molecule has 0 heterocycles. The van der Waals surface area contributed by atoms with Crippen LogP contribution in [0.2, 0.25) is 0 Å². The number of ether oxygens (including phenoxy) is 1. The number of aromatic hydroxyl groups is 1. The van der Waals surface area contributed by atoms with Crippen LogP contribution in [0.5, 0.6) is 11.5 Å². The maximum absolute atomic E-state index is 13.4. The van der Waals surface area contributed by atoms with E-state index in [0.29, 0.717) is 10.9 Å². The number of hydrogen-bond donors (Lipinski definition) is 2. The molecule has 0 amide bonds. The SMILES string of the molecule is COc1c(Br)cc(F)c(CCCO)c1O. The van der Waals surface area contributed by atoms with Crippen molar-refractivity contribution in [1.29, 1.82) is 0 Å². The molecule has 0 saturated heterocycles. The molecule has 0 aliphatic carbocycles. The van der Waals surface area contributed by atoms with Crippen molar-refractivity contribution in [3.8, 4) is 11.5 Å². The van der Waals surface area contributed by atoms with Crippen LogP contribution >= 0.6 is 15.9 Å². The molecular formula is C10H12BrFO3. The summed E-state index contributed by atoms with van der Waals surface area (Å²) in [5.74, 6) is -0.504. The lowest BCUT2D eigenvalue weighted by Gasteiger charge is -2.11. The summed E-state index contributed by atoms with van der Waals surface area (Å²) in [6.45, 7) is -0.0444. The van der Waals surface area contributed by atoms with Crippen LogP contribution < -0.4 is 4.74 Å². The summed E-state index contributed by atoms with van der Waals surface area (Å²) in [7, 11) is 1.40. The largest absolute Gasteiger partial charge is 0.504 e. The van der Waals surface area contributed by atoms with Crippen molar-refractivity contribution in [2.45, 2.75) is 12.8 Å². The summed E-state index contributed by atoms with van der Waals surface area (Å²) >= 11 is 3.09.